The van der Waals surface area contributed by atoms with Gasteiger partial charge in [-0.2, -0.15) is 0 Å². The molecule has 0 aliphatic heterocycles. The fourth-order valence-electron chi connectivity index (χ4n) is 7.79. The van der Waals surface area contributed by atoms with Crippen molar-refractivity contribution < 1.29 is 0 Å². The zero-order valence-corrected chi connectivity index (χ0v) is 33.5. The summed E-state index contributed by atoms with van der Waals surface area (Å²) in [6, 6.07) is 73.4. The first kappa shape index (κ1) is 37.6. The summed E-state index contributed by atoms with van der Waals surface area (Å²) in [5, 5.41) is 0. The van der Waals surface area contributed by atoms with E-state index in [-0.39, 0.29) is 0 Å². The van der Waals surface area contributed by atoms with E-state index in [1.807, 2.05) is 109 Å². The smallest absolute Gasteiger partial charge is 0.187 e. The van der Waals surface area contributed by atoms with Crippen LogP contribution in [0.5, 0.6) is 0 Å². The highest BCUT2D eigenvalue weighted by Crippen LogP contribution is 2.42. The van der Waals surface area contributed by atoms with Crippen molar-refractivity contribution in [1.29, 1.82) is 0 Å². The normalized spacial score (nSPS) is 10.9. The van der Waals surface area contributed by atoms with Crippen molar-refractivity contribution in [2.45, 2.75) is 0 Å². The van der Waals surface area contributed by atoms with Gasteiger partial charge in [-0.3, -0.25) is 0 Å². The Hall–Kier alpha value is -8.66. The second kappa shape index (κ2) is 16.9. The van der Waals surface area contributed by atoms with E-state index in [0.717, 1.165) is 78.1 Å². The lowest BCUT2D eigenvalue weighted by Crippen LogP contribution is -2.01. The van der Waals surface area contributed by atoms with Crippen LogP contribution in [0.25, 0.3) is 106 Å². The van der Waals surface area contributed by atoms with E-state index < -0.39 is 0 Å². The third kappa shape index (κ3) is 7.66. The Labute approximate surface area is 360 Å². The highest BCUT2D eigenvalue weighted by Gasteiger charge is 2.20. The second-order valence-corrected chi connectivity index (χ2v) is 14.7. The van der Waals surface area contributed by atoms with Gasteiger partial charge in [0.1, 0.15) is 0 Å². The van der Waals surface area contributed by atoms with Crippen molar-refractivity contribution in [3.05, 3.63) is 230 Å². The predicted octanol–water partition coefficient (Wildman–Crippen LogP) is 14.2. The first-order valence-electron chi connectivity index (χ1n) is 20.4. The Balaban J connectivity index is 1.18. The number of aromatic nitrogens is 5. The fraction of sp³-hybridized carbons (Fsp3) is 0. The van der Waals surface area contributed by atoms with E-state index in [4.69, 9.17) is 31.5 Å². The van der Waals surface area contributed by atoms with Gasteiger partial charge in [0.2, 0.25) is 0 Å². The van der Waals surface area contributed by atoms with Crippen LogP contribution in [0, 0.1) is 6.57 Å². The van der Waals surface area contributed by atoms with Gasteiger partial charge in [0.15, 0.2) is 29.0 Å². The van der Waals surface area contributed by atoms with Crippen molar-refractivity contribution in [2.75, 3.05) is 0 Å². The van der Waals surface area contributed by atoms with Crippen molar-refractivity contribution >= 4 is 5.69 Å². The van der Waals surface area contributed by atoms with Gasteiger partial charge in [-0.1, -0.05) is 200 Å². The summed E-state index contributed by atoms with van der Waals surface area (Å²) in [6.07, 6.45) is 0. The van der Waals surface area contributed by atoms with E-state index in [1.54, 1.807) is 0 Å². The molecule has 2 aromatic heterocycles. The summed E-state index contributed by atoms with van der Waals surface area (Å²) in [5.74, 6) is 2.35. The SMILES string of the molecule is [C-]#[N+]c1cccc(-c2cc(-c3nc(-c4ccccc4)nc(-c4ccccc4)n3)ccc2-c2ccccc2-c2cc(-c3ccccc3)nc(-c3ccccc3-c3ccccc3)n2)c1. The molecule has 0 aliphatic carbocycles. The van der Waals surface area contributed by atoms with E-state index in [0.29, 0.717) is 29.0 Å². The molecule has 0 saturated carbocycles. The molecule has 6 heteroatoms. The molecular weight excluding hydrogens is 757 g/mol. The number of hydrogen-bond acceptors (Lipinski definition) is 5. The minimum absolute atomic E-state index is 0.546. The van der Waals surface area contributed by atoms with Crippen molar-refractivity contribution in [1.82, 2.24) is 24.9 Å². The first-order chi connectivity index (χ1) is 30.7. The summed E-state index contributed by atoms with van der Waals surface area (Å²) < 4.78 is 0. The largest absolute Gasteiger partial charge is 0.238 e. The van der Waals surface area contributed by atoms with Crippen LogP contribution in [0.3, 0.4) is 0 Å². The zero-order chi connectivity index (χ0) is 41.7. The third-order valence-corrected chi connectivity index (χ3v) is 10.8. The molecule has 290 valence electrons. The quantitative estimate of drug-likeness (QED) is 0.136. The van der Waals surface area contributed by atoms with Gasteiger partial charge >= 0.3 is 0 Å². The van der Waals surface area contributed by atoms with Crippen molar-refractivity contribution in [3.8, 4) is 101 Å². The average Bonchev–Trinajstić information content (AvgIpc) is 3.37. The molecule has 0 N–H and O–H groups in total. The van der Waals surface area contributed by atoms with Crippen molar-refractivity contribution in [3.63, 3.8) is 0 Å². The summed E-state index contributed by atoms with van der Waals surface area (Å²) >= 11 is 0. The molecule has 0 amide bonds. The van der Waals surface area contributed by atoms with Gasteiger partial charge in [-0.25, -0.2) is 29.8 Å². The standard InChI is InChI=1S/C56H36N6/c1-57-44-28-18-27-42(35-44)50-36-43(55-61-53(40-23-10-4-11-24-40)60-54(62-55)41-25-12-5-13-26-41)33-34-47(50)46-30-15-16-31-48(46)52-37-51(39-21-8-3-9-22-39)58-56(59-52)49-32-17-14-29-45(49)38-19-6-2-7-20-38/h2-37H. The van der Waals surface area contributed by atoms with Crippen LogP contribution in [-0.2, 0) is 0 Å². The molecule has 0 unspecified atom stereocenters. The first-order valence-corrected chi connectivity index (χ1v) is 20.4. The molecule has 10 rings (SSSR count). The molecule has 8 aromatic carbocycles. The summed E-state index contributed by atoms with van der Waals surface area (Å²) in [7, 11) is 0. The van der Waals surface area contributed by atoms with E-state index in [2.05, 4.69) is 114 Å². The molecular formula is C56H36N6. The van der Waals surface area contributed by atoms with Crippen molar-refractivity contribution in [2.24, 2.45) is 0 Å². The molecule has 6 nitrogen and oxygen atoms in total. The minimum Gasteiger partial charge on any atom is -0.238 e. The van der Waals surface area contributed by atoms with E-state index in [9.17, 15) is 0 Å². The van der Waals surface area contributed by atoms with Gasteiger partial charge in [-0.15, -0.1) is 0 Å². The molecule has 0 spiro atoms. The Morgan fingerprint density at radius 2 is 0.726 bits per heavy atom. The highest BCUT2D eigenvalue weighted by atomic mass is 15.0. The fourth-order valence-corrected chi connectivity index (χ4v) is 7.79. The molecule has 0 fully saturated rings. The van der Waals surface area contributed by atoms with E-state index >= 15 is 0 Å². The average molecular weight is 793 g/mol. The van der Waals surface area contributed by atoms with Crippen LogP contribution in [0.2, 0.25) is 0 Å². The van der Waals surface area contributed by atoms with Gasteiger partial charge < -0.3 is 0 Å². The molecule has 2 heterocycles. The van der Waals surface area contributed by atoms with Crippen LogP contribution in [-0.4, -0.2) is 24.9 Å². The monoisotopic (exact) mass is 792 g/mol. The zero-order valence-electron chi connectivity index (χ0n) is 33.5. The molecule has 0 radical (unpaired) electrons. The minimum atomic E-state index is 0.546. The summed E-state index contributed by atoms with van der Waals surface area (Å²) in [5.41, 5.74) is 13.6. The van der Waals surface area contributed by atoms with Crippen LogP contribution in [0.1, 0.15) is 0 Å². The maximum Gasteiger partial charge on any atom is 0.187 e. The van der Waals surface area contributed by atoms with Crippen LogP contribution in [0.4, 0.5) is 5.69 Å². The van der Waals surface area contributed by atoms with E-state index in [1.165, 1.54) is 0 Å². The Morgan fingerprint density at radius 3 is 1.34 bits per heavy atom. The Kier molecular flexibility index (Phi) is 10.3. The van der Waals surface area contributed by atoms with Gasteiger partial charge in [0.25, 0.3) is 0 Å². The molecule has 0 saturated heterocycles. The van der Waals surface area contributed by atoms with Gasteiger partial charge in [-0.05, 0) is 51.6 Å². The van der Waals surface area contributed by atoms with Gasteiger partial charge in [0.05, 0.1) is 18.0 Å². The molecule has 10 aromatic rings. The van der Waals surface area contributed by atoms with Crippen LogP contribution < -0.4 is 0 Å². The van der Waals surface area contributed by atoms with Crippen LogP contribution in [0.15, 0.2) is 218 Å². The number of nitrogens with zero attached hydrogens (tertiary/aromatic N) is 6. The summed E-state index contributed by atoms with van der Waals surface area (Å²) in [4.78, 5) is 29.4. The third-order valence-electron chi connectivity index (χ3n) is 10.8. The topological polar surface area (TPSA) is 68.8 Å². The predicted molar refractivity (Wildman–Crippen MR) is 251 cm³/mol. The maximum absolute atomic E-state index is 7.89. The Morgan fingerprint density at radius 1 is 0.258 bits per heavy atom. The molecule has 0 aliphatic rings. The molecule has 0 atom stereocenters. The van der Waals surface area contributed by atoms with Crippen LogP contribution >= 0.6 is 0 Å². The lowest BCUT2D eigenvalue weighted by atomic mass is 9.89. The highest BCUT2D eigenvalue weighted by molar-refractivity contribution is 5.94. The Bertz CT molecular complexity index is 3180. The number of hydrogen-bond donors (Lipinski definition) is 0. The molecule has 62 heavy (non-hydrogen) atoms. The second-order valence-electron chi connectivity index (χ2n) is 14.7. The summed E-state index contributed by atoms with van der Waals surface area (Å²) in [6.45, 7) is 7.89. The number of benzene rings is 8. The lowest BCUT2D eigenvalue weighted by Gasteiger charge is -2.18. The maximum atomic E-state index is 7.89. The number of rotatable bonds is 9. The molecule has 0 bridgehead atoms. The van der Waals surface area contributed by atoms with Gasteiger partial charge in [0, 0.05) is 33.4 Å². The lowest BCUT2D eigenvalue weighted by molar-refractivity contribution is 1.07.